The van der Waals surface area contributed by atoms with Crippen LogP contribution in [0.15, 0.2) is 84.0 Å². The maximum Gasteiger partial charge on any atom is 0.327 e. The molecule has 0 saturated carbocycles. The first kappa shape index (κ1) is 25.3. The fourth-order valence-electron chi connectivity index (χ4n) is 4.04. The summed E-state index contributed by atoms with van der Waals surface area (Å²) in [6.45, 7) is 0.768. The molecule has 2 heterocycles. The quantitative estimate of drug-likeness (QED) is 0.318. The van der Waals surface area contributed by atoms with Crippen LogP contribution in [0.3, 0.4) is 0 Å². The number of pyridine rings is 1. The number of hydrogen-bond donors (Lipinski definition) is 2. The molecule has 0 aliphatic carbocycles. The second-order valence-electron chi connectivity index (χ2n) is 8.20. The first-order chi connectivity index (χ1) is 17.5. The number of esters is 1. The van der Waals surface area contributed by atoms with Crippen LogP contribution in [-0.2, 0) is 30.8 Å². The lowest BCUT2D eigenvalue weighted by molar-refractivity contribution is -0.146. The number of hydrogen-bond acceptors (Lipinski definition) is 7. The summed E-state index contributed by atoms with van der Waals surface area (Å²) >= 11 is 0. The number of para-hydroxylation sites is 1. The van der Waals surface area contributed by atoms with Gasteiger partial charge in [-0.1, -0.05) is 42.5 Å². The van der Waals surface area contributed by atoms with Crippen molar-refractivity contribution < 1.29 is 22.7 Å². The van der Waals surface area contributed by atoms with Gasteiger partial charge in [-0.3, -0.25) is 14.1 Å². The molecule has 4 rings (SSSR count). The highest BCUT2D eigenvalue weighted by Crippen LogP contribution is 2.24. The monoisotopic (exact) mass is 508 g/mol. The van der Waals surface area contributed by atoms with E-state index in [1.54, 1.807) is 36.4 Å². The summed E-state index contributed by atoms with van der Waals surface area (Å²) in [6, 6.07) is 18.8. The van der Waals surface area contributed by atoms with Gasteiger partial charge in [0.15, 0.2) is 0 Å². The number of fused-ring (bicyclic) bond motifs is 1. The van der Waals surface area contributed by atoms with E-state index < -0.39 is 22.0 Å². The summed E-state index contributed by atoms with van der Waals surface area (Å²) in [6.07, 6.45) is 3.56. The van der Waals surface area contributed by atoms with Crippen LogP contribution >= 0.6 is 0 Å². The van der Waals surface area contributed by atoms with Crippen molar-refractivity contribution in [1.29, 1.82) is 0 Å². The number of aromatic nitrogens is 1. The van der Waals surface area contributed by atoms with Gasteiger partial charge in [-0.2, -0.15) is 0 Å². The topological polar surface area (TPSA) is 118 Å². The van der Waals surface area contributed by atoms with Crippen LogP contribution in [-0.4, -0.2) is 51.5 Å². The molecule has 2 aromatic carbocycles. The van der Waals surface area contributed by atoms with Gasteiger partial charge in [0, 0.05) is 31.9 Å². The predicted molar refractivity (Wildman–Crippen MR) is 135 cm³/mol. The van der Waals surface area contributed by atoms with Gasteiger partial charge in [-0.15, -0.1) is 0 Å². The zero-order valence-corrected chi connectivity index (χ0v) is 20.5. The second kappa shape index (κ2) is 11.8. The number of nitrogens with one attached hydrogen (secondary N) is 2. The first-order valence-electron chi connectivity index (χ1n) is 11.7. The van der Waals surface area contributed by atoms with Crippen molar-refractivity contribution in [2.75, 3.05) is 30.5 Å². The van der Waals surface area contributed by atoms with E-state index in [9.17, 15) is 18.0 Å². The number of carbonyl (C=O) groups is 2. The summed E-state index contributed by atoms with van der Waals surface area (Å²) in [5, 5.41) is 5.86. The lowest BCUT2D eigenvalue weighted by atomic mass is 9.94. The molecule has 1 aliphatic rings. The molecular formula is C26H28N4O5S. The Morgan fingerprint density at radius 1 is 1.06 bits per heavy atom. The van der Waals surface area contributed by atoms with Gasteiger partial charge in [0.25, 0.3) is 10.0 Å². The highest BCUT2D eigenvalue weighted by Gasteiger charge is 2.27. The van der Waals surface area contributed by atoms with E-state index in [0.29, 0.717) is 12.2 Å². The first-order valence-corrected chi connectivity index (χ1v) is 13.1. The Kier molecular flexibility index (Phi) is 8.29. The Morgan fingerprint density at radius 3 is 2.61 bits per heavy atom. The number of sulfonamides is 1. The summed E-state index contributed by atoms with van der Waals surface area (Å²) in [4.78, 5) is 28.9. The molecule has 1 amide bonds. The van der Waals surface area contributed by atoms with Crippen molar-refractivity contribution in [1.82, 2.24) is 15.6 Å². The van der Waals surface area contributed by atoms with Gasteiger partial charge in [0.1, 0.15) is 17.5 Å². The Bertz CT molecular complexity index is 1290. The smallest absolute Gasteiger partial charge is 0.327 e. The minimum Gasteiger partial charge on any atom is -0.462 e. The molecule has 0 spiro atoms. The molecule has 1 unspecified atom stereocenters. The number of rotatable bonds is 10. The Labute approximate surface area is 210 Å². The van der Waals surface area contributed by atoms with Crippen molar-refractivity contribution in [2.45, 2.75) is 23.8 Å². The fraction of sp³-hybridized carbons (Fsp3) is 0.269. The van der Waals surface area contributed by atoms with Crippen LogP contribution in [0.25, 0.3) is 0 Å². The molecule has 10 heteroatoms. The molecule has 2 N–H and O–H groups in total. The molecule has 1 atom stereocenters. The van der Waals surface area contributed by atoms with Gasteiger partial charge in [0.05, 0.1) is 12.2 Å². The number of carbonyl (C=O) groups excluding carboxylic acids is 2. The highest BCUT2D eigenvalue weighted by molar-refractivity contribution is 7.92. The zero-order valence-electron chi connectivity index (χ0n) is 19.7. The van der Waals surface area contributed by atoms with Gasteiger partial charge in [-0.05, 0) is 41.8 Å². The minimum atomic E-state index is -3.91. The van der Waals surface area contributed by atoms with E-state index in [1.807, 2.05) is 24.3 Å². The molecular weight excluding hydrogens is 480 g/mol. The van der Waals surface area contributed by atoms with Gasteiger partial charge >= 0.3 is 5.97 Å². The Balaban J connectivity index is 1.29. The van der Waals surface area contributed by atoms with Crippen molar-refractivity contribution >= 4 is 27.6 Å². The zero-order chi connectivity index (χ0) is 25.4. The van der Waals surface area contributed by atoms with E-state index >= 15 is 0 Å². The number of benzene rings is 2. The summed E-state index contributed by atoms with van der Waals surface area (Å²) in [5.41, 5.74) is 2.48. The van der Waals surface area contributed by atoms with Crippen molar-refractivity contribution in [3.63, 3.8) is 0 Å². The second-order valence-corrected chi connectivity index (χ2v) is 10.1. The lowest BCUT2D eigenvalue weighted by Gasteiger charge is -2.25. The molecule has 3 aromatic rings. The van der Waals surface area contributed by atoms with E-state index in [2.05, 4.69) is 15.6 Å². The number of amides is 1. The van der Waals surface area contributed by atoms with Crippen molar-refractivity contribution in [2.24, 2.45) is 0 Å². The lowest BCUT2D eigenvalue weighted by Crippen LogP contribution is -2.38. The molecule has 188 valence electrons. The largest absolute Gasteiger partial charge is 0.462 e. The third-order valence-electron chi connectivity index (χ3n) is 5.82. The van der Waals surface area contributed by atoms with Crippen molar-refractivity contribution in [3.8, 4) is 0 Å². The van der Waals surface area contributed by atoms with E-state index in [-0.39, 0.29) is 36.9 Å². The van der Waals surface area contributed by atoms with Gasteiger partial charge in [-0.25, -0.2) is 13.2 Å². The van der Waals surface area contributed by atoms with E-state index in [4.69, 9.17) is 4.74 Å². The van der Waals surface area contributed by atoms with Crippen LogP contribution < -0.4 is 14.9 Å². The van der Waals surface area contributed by atoms with Crippen LogP contribution in [0, 0.1) is 0 Å². The number of nitrogens with zero attached hydrogens (tertiary/aromatic N) is 2. The third kappa shape index (κ3) is 6.07. The Morgan fingerprint density at radius 2 is 1.83 bits per heavy atom. The maximum atomic E-state index is 13.2. The molecule has 9 nitrogen and oxygen atoms in total. The average Bonchev–Trinajstić information content (AvgIpc) is 2.91. The number of anilines is 1. The van der Waals surface area contributed by atoms with Gasteiger partial charge in [0.2, 0.25) is 5.91 Å². The highest BCUT2D eigenvalue weighted by atomic mass is 32.2. The fourth-order valence-corrected chi connectivity index (χ4v) is 5.47. The Hall–Kier alpha value is -3.76. The van der Waals surface area contributed by atoms with Crippen LogP contribution in [0.2, 0.25) is 0 Å². The SMILES string of the molecule is O=C(CCN(c1ccccc1)S(=O)(=O)c1cccnc1)NCCOC(=O)C1NCCc2ccccc21. The molecule has 0 saturated heterocycles. The third-order valence-corrected chi connectivity index (χ3v) is 7.63. The summed E-state index contributed by atoms with van der Waals surface area (Å²) in [7, 11) is -3.91. The summed E-state index contributed by atoms with van der Waals surface area (Å²) in [5.74, 6) is -0.747. The van der Waals surface area contributed by atoms with Crippen LogP contribution in [0.4, 0.5) is 5.69 Å². The van der Waals surface area contributed by atoms with E-state index in [0.717, 1.165) is 17.5 Å². The van der Waals surface area contributed by atoms with Crippen molar-refractivity contribution in [3.05, 3.63) is 90.3 Å². The molecule has 1 aliphatic heterocycles. The van der Waals surface area contributed by atoms with Gasteiger partial charge < -0.3 is 15.4 Å². The maximum absolute atomic E-state index is 13.2. The average molecular weight is 509 g/mol. The molecule has 0 bridgehead atoms. The van der Waals surface area contributed by atoms with E-state index in [1.165, 1.54) is 22.8 Å². The minimum absolute atomic E-state index is 0.0152. The van der Waals surface area contributed by atoms with Crippen LogP contribution in [0.1, 0.15) is 23.6 Å². The molecule has 36 heavy (non-hydrogen) atoms. The molecule has 0 radical (unpaired) electrons. The number of ether oxygens (including phenoxy) is 1. The standard InChI is InChI=1S/C26H28N4O5S/c31-24(28-16-18-35-26(32)25-23-11-5-4-7-20(23)12-15-29-25)13-17-30(21-8-2-1-3-9-21)36(33,34)22-10-6-14-27-19-22/h1-11,14,19,25,29H,12-13,15-18H2,(H,28,31). The normalized spacial score (nSPS) is 14.9. The predicted octanol–water partition coefficient (Wildman–Crippen LogP) is 2.21. The summed E-state index contributed by atoms with van der Waals surface area (Å²) < 4.78 is 33.0. The molecule has 0 fully saturated rings. The molecule has 1 aromatic heterocycles. The van der Waals surface area contributed by atoms with Crippen LogP contribution in [0.5, 0.6) is 0 Å².